The molecule has 0 aliphatic rings. The van der Waals surface area contributed by atoms with Crippen LogP contribution in [0.4, 0.5) is 13.2 Å². The van der Waals surface area contributed by atoms with Crippen LogP contribution < -0.4 is 5.32 Å². The van der Waals surface area contributed by atoms with E-state index in [0.717, 1.165) is 31.4 Å². The summed E-state index contributed by atoms with van der Waals surface area (Å²) in [4.78, 5) is 23.3. The fourth-order valence-corrected chi connectivity index (χ4v) is 1.71. The minimum absolute atomic E-state index is 0.0557. The number of hydrogen-bond donors (Lipinski definition) is 2. The van der Waals surface area contributed by atoms with Crippen LogP contribution in [0.15, 0.2) is 24.3 Å². The number of halogens is 3. The molecule has 0 saturated carbocycles. The molecule has 2 atom stereocenters. The first kappa shape index (κ1) is 18.5. The normalized spacial score (nSPS) is 13.6. The van der Waals surface area contributed by atoms with Gasteiger partial charge >= 0.3 is 12.1 Å². The standard InChI is InChI=1S/C15H14F3NO4/c1-3-4-11(14(22)23-2)19-13(21)12(20)9-5-7-10(8-6-9)15(16,17)18/h1,5-8,11-12,20H,4H2,2H3,(H,19,21)/t11-,12-/m0/s1. The van der Waals surface area contributed by atoms with Gasteiger partial charge in [0.05, 0.1) is 12.7 Å². The van der Waals surface area contributed by atoms with Crippen molar-refractivity contribution in [1.29, 1.82) is 0 Å². The molecule has 23 heavy (non-hydrogen) atoms. The number of benzene rings is 1. The Kier molecular flexibility index (Phi) is 6.16. The molecule has 0 heterocycles. The largest absolute Gasteiger partial charge is 0.467 e. The van der Waals surface area contributed by atoms with Crippen molar-refractivity contribution in [3.8, 4) is 12.3 Å². The van der Waals surface area contributed by atoms with E-state index in [0.29, 0.717) is 0 Å². The van der Waals surface area contributed by atoms with Gasteiger partial charge in [-0.05, 0) is 17.7 Å². The molecule has 1 aromatic carbocycles. The number of amides is 1. The zero-order valence-electron chi connectivity index (χ0n) is 12.1. The van der Waals surface area contributed by atoms with Crippen LogP contribution in [0.3, 0.4) is 0 Å². The summed E-state index contributed by atoms with van der Waals surface area (Å²) in [5, 5.41) is 12.0. The maximum Gasteiger partial charge on any atom is 0.416 e. The lowest BCUT2D eigenvalue weighted by Gasteiger charge is -2.17. The molecule has 0 unspecified atom stereocenters. The van der Waals surface area contributed by atoms with Crippen LogP contribution in [-0.4, -0.2) is 30.1 Å². The van der Waals surface area contributed by atoms with Crippen molar-refractivity contribution >= 4 is 11.9 Å². The second kappa shape index (κ2) is 7.65. The number of aliphatic hydroxyl groups is 1. The molecular formula is C15H14F3NO4. The summed E-state index contributed by atoms with van der Waals surface area (Å²) >= 11 is 0. The predicted molar refractivity (Wildman–Crippen MR) is 73.8 cm³/mol. The van der Waals surface area contributed by atoms with Crippen LogP contribution in [0.5, 0.6) is 0 Å². The van der Waals surface area contributed by atoms with Crippen LogP contribution in [0.1, 0.15) is 23.7 Å². The smallest absolute Gasteiger partial charge is 0.416 e. The molecule has 1 amide bonds. The molecule has 0 radical (unpaired) electrons. The number of rotatable bonds is 5. The lowest BCUT2D eigenvalue weighted by atomic mass is 10.1. The van der Waals surface area contributed by atoms with Gasteiger partial charge in [0.2, 0.25) is 0 Å². The zero-order valence-corrected chi connectivity index (χ0v) is 12.1. The summed E-state index contributed by atoms with van der Waals surface area (Å²) < 4.78 is 41.8. The van der Waals surface area contributed by atoms with Gasteiger partial charge in [-0.2, -0.15) is 13.2 Å². The van der Waals surface area contributed by atoms with Crippen LogP contribution in [0.25, 0.3) is 0 Å². The Balaban J connectivity index is 2.83. The summed E-state index contributed by atoms with van der Waals surface area (Å²) in [6.07, 6.45) is -1.36. The molecule has 0 aliphatic heterocycles. The fraction of sp³-hybridized carbons (Fsp3) is 0.333. The Labute approximate surface area is 130 Å². The summed E-state index contributed by atoms with van der Waals surface area (Å²) in [5.74, 6) is 0.397. The summed E-state index contributed by atoms with van der Waals surface area (Å²) in [7, 11) is 1.10. The van der Waals surface area contributed by atoms with Crippen molar-refractivity contribution in [3.63, 3.8) is 0 Å². The number of nitrogens with one attached hydrogen (secondary N) is 1. The number of methoxy groups -OCH3 is 1. The molecule has 1 rings (SSSR count). The van der Waals surface area contributed by atoms with Crippen molar-refractivity contribution in [2.75, 3.05) is 7.11 Å². The topological polar surface area (TPSA) is 75.6 Å². The van der Waals surface area contributed by atoms with Crippen molar-refractivity contribution in [2.45, 2.75) is 24.7 Å². The van der Waals surface area contributed by atoms with Gasteiger partial charge < -0.3 is 15.2 Å². The summed E-state index contributed by atoms with van der Waals surface area (Å²) in [6, 6.07) is 2.28. The Morgan fingerprint density at radius 3 is 2.35 bits per heavy atom. The van der Waals surface area contributed by atoms with Crippen LogP contribution in [0.2, 0.25) is 0 Å². The molecule has 0 saturated heterocycles. The first-order valence-corrected chi connectivity index (χ1v) is 6.37. The monoisotopic (exact) mass is 329 g/mol. The van der Waals surface area contributed by atoms with Gasteiger partial charge in [0, 0.05) is 6.42 Å². The van der Waals surface area contributed by atoms with E-state index in [9.17, 15) is 27.9 Å². The van der Waals surface area contributed by atoms with Crippen molar-refractivity contribution in [2.24, 2.45) is 0 Å². The molecule has 124 valence electrons. The van der Waals surface area contributed by atoms with Crippen molar-refractivity contribution in [1.82, 2.24) is 5.32 Å². The number of esters is 1. The minimum Gasteiger partial charge on any atom is -0.467 e. The number of ether oxygens (including phenoxy) is 1. The average Bonchev–Trinajstić information content (AvgIpc) is 2.52. The lowest BCUT2D eigenvalue weighted by molar-refractivity contribution is -0.146. The SMILES string of the molecule is C#CC[C@H](NC(=O)[C@@H](O)c1ccc(C(F)(F)F)cc1)C(=O)OC. The molecule has 0 bridgehead atoms. The molecular weight excluding hydrogens is 315 g/mol. The number of alkyl halides is 3. The Morgan fingerprint density at radius 1 is 1.35 bits per heavy atom. The molecule has 0 fully saturated rings. The van der Waals surface area contributed by atoms with Gasteiger partial charge in [0.15, 0.2) is 6.10 Å². The van der Waals surface area contributed by atoms with Crippen LogP contribution >= 0.6 is 0 Å². The number of aliphatic hydroxyl groups excluding tert-OH is 1. The van der Waals surface area contributed by atoms with Crippen LogP contribution in [-0.2, 0) is 20.5 Å². The van der Waals surface area contributed by atoms with Gasteiger partial charge in [-0.3, -0.25) is 4.79 Å². The molecule has 1 aromatic rings. The number of carbonyl (C=O) groups is 2. The minimum atomic E-state index is -4.52. The average molecular weight is 329 g/mol. The van der Waals surface area contributed by atoms with Gasteiger partial charge in [-0.1, -0.05) is 12.1 Å². The van der Waals surface area contributed by atoms with E-state index in [1.165, 1.54) is 0 Å². The molecule has 8 heteroatoms. The highest BCUT2D eigenvalue weighted by molar-refractivity contribution is 5.87. The Hall–Kier alpha value is -2.53. The Morgan fingerprint density at radius 2 is 1.91 bits per heavy atom. The molecule has 0 spiro atoms. The predicted octanol–water partition coefficient (Wildman–Crippen LogP) is 1.42. The third kappa shape index (κ3) is 5.00. The van der Waals surface area contributed by atoms with Gasteiger partial charge in [-0.15, -0.1) is 12.3 Å². The van der Waals surface area contributed by atoms with Gasteiger partial charge in [-0.25, -0.2) is 4.79 Å². The summed E-state index contributed by atoms with van der Waals surface area (Å²) in [5.41, 5.74) is -0.964. The number of terminal acetylenes is 1. The number of carbonyl (C=O) groups excluding carboxylic acids is 2. The van der Waals surface area contributed by atoms with Crippen LogP contribution in [0, 0.1) is 12.3 Å². The summed E-state index contributed by atoms with van der Waals surface area (Å²) in [6.45, 7) is 0. The molecule has 0 aromatic heterocycles. The van der Waals surface area contributed by atoms with E-state index in [1.807, 2.05) is 0 Å². The van der Waals surface area contributed by atoms with E-state index in [-0.39, 0.29) is 12.0 Å². The van der Waals surface area contributed by atoms with Gasteiger partial charge in [0.25, 0.3) is 5.91 Å². The van der Waals surface area contributed by atoms with E-state index in [4.69, 9.17) is 6.42 Å². The Bertz CT molecular complexity index is 605. The highest BCUT2D eigenvalue weighted by Crippen LogP contribution is 2.29. The van der Waals surface area contributed by atoms with Gasteiger partial charge in [0.1, 0.15) is 6.04 Å². The third-order valence-corrected chi connectivity index (χ3v) is 2.93. The maximum absolute atomic E-state index is 12.5. The highest BCUT2D eigenvalue weighted by Gasteiger charge is 2.31. The third-order valence-electron chi connectivity index (χ3n) is 2.93. The number of hydrogen-bond acceptors (Lipinski definition) is 4. The zero-order chi connectivity index (χ0) is 17.6. The highest BCUT2D eigenvalue weighted by atomic mass is 19.4. The molecule has 0 aliphatic carbocycles. The molecule has 2 N–H and O–H groups in total. The maximum atomic E-state index is 12.5. The van der Waals surface area contributed by atoms with E-state index in [2.05, 4.69) is 16.0 Å². The van der Waals surface area contributed by atoms with E-state index in [1.54, 1.807) is 0 Å². The second-order valence-corrected chi connectivity index (χ2v) is 4.51. The first-order valence-electron chi connectivity index (χ1n) is 6.37. The fourth-order valence-electron chi connectivity index (χ4n) is 1.71. The lowest BCUT2D eigenvalue weighted by Crippen LogP contribution is -2.43. The van der Waals surface area contributed by atoms with Crippen molar-refractivity contribution < 1.29 is 32.6 Å². The second-order valence-electron chi connectivity index (χ2n) is 4.51. The quantitative estimate of drug-likeness (QED) is 0.633. The van der Waals surface area contributed by atoms with E-state index < -0.39 is 35.8 Å². The first-order chi connectivity index (χ1) is 10.7. The molecule has 5 nitrogen and oxygen atoms in total. The van der Waals surface area contributed by atoms with Crippen molar-refractivity contribution in [3.05, 3.63) is 35.4 Å². The van der Waals surface area contributed by atoms with E-state index >= 15 is 0 Å².